The third-order valence-corrected chi connectivity index (χ3v) is 10.1. The number of ether oxygens (including phenoxy) is 1. The predicted octanol–water partition coefficient (Wildman–Crippen LogP) is 3.59. The number of hydrogen-bond acceptors (Lipinski definition) is 8. The van der Waals surface area contributed by atoms with Gasteiger partial charge in [-0.3, -0.25) is 14.5 Å². The van der Waals surface area contributed by atoms with Crippen molar-refractivity contribution < 1.29 is 29.6 Å². The van der Waals surface area contributed by atoms with Crippen LogP contribution in [0.25, 0.3) is 5.76 Å². The molecule has 5 N–H and O–H groups in total. The first-order chi connectivity index (χ1) is 19.0. The Bertz CT molecular complexity index is 1410. The predicted molar refractivity (Wildman–Crippen MR) is 149 cm³/mol. The zero-order valence-corrected chi connectivity index (χ0v) is 23.8. The number of Topliss-reactive ketones (excluding diaryl/α,β-unsaturated/α-hetero) is 1. The molecule has 1 heterocycles. The van der Waals surface area contributed by atoms with E-state index in [0.29, 0.717) is 35.9 Å². The van der Waals surface area contributed by atoms with Gasteiger partial charge in [0, 0.05) is 29.6 Å². The number of aliphatic hydroxyl groups is 2. The maximum absolute atomic E-state index is 14.2. The van der Waals surface area contributed by atoms with Gasteiger partial charge in [0.1, 0.15) is 17.3 Å². The summed E-state index contributed by atoms with van der Waals surface area (Å²) in [5.74, 6) is -2.25. The maximum Gasteiger partial charge on any atom is 0.252 e. The molecule has 6 rings (SSSR count). The highest BCUT2D eigenvalue weighted by Crippen LogP contribution is 2.59. The molecule has 4 atom stereocenters. The van der Waals surface area contributed by atoms with E-state index < -0.39 is 35.2 Å². The second-order valence-electron chi connectivity index (χ2n) is 12.3. The van der Waals surface area contributed by atoms with E-state index in [2.05, 4.69) is 4.90 Å². The minimum Gasteiger partial charge on any atom is -0.510 e. The van der Waals surface area contributed by atoms with Crippen LogP contribution in [-0.4, -0.2) is 76.1 Å². The number of rotatable bonds is 6. The Morgan fingerprint density at radius 1 is 1.20 bits per heavy atom. The summed E-state index contributed by atoms with van der Waals surface area (Å²) in [6, 6.07) is 0.880. The number of phenolic OH excluding ortho intramolecular Hbond substituents is 1. The summed E-state index contributed by atoms with van der Waals surface area (Å²) in [5.41, 5.74) is 5.89. The van der Waals surface area contributed by atoms with Crippen LogP contribution in [0.3, 0.4) is 0 Å². The van der Waals surface area contributed by atoms with E-state index in [1.807, 2.05) is 7.05 Å². The van der Waals surface area contributed by atoms with Crippen molar-refractivity contribution in [2.75, 3.05) is 27.7 Å². The van der Waals surface area contributed by atoms with Crippen LogP contribution in [-0.2, 0) is 27.3 Å². The van der Waals surface area contributed by atoms with E-state index in [4.69, 9.17) is 22.1 Å². The summed E-state index contributed by atoms with van der Waals surface area (Å²) in [5, 5.41) is 34.2. The Balaban J connectivity index is 1.40. The molecule has 40 heavy (non-hydrogen) atoms. The van der Waals surface area contributed by atoms with Crippen LogP contribution < -0.4 is 5.73 Å². The first-order valence-corrected chi connectivity index (χ1v) is 14.3. The maximum atomic E-state index is 14.2. The normalized spacial score (nSPS) is 29.5. The van der Waals surface area contributed by atoms with Crippen molar-refractivity contribution in [2.24, 2.45) is 23.5 Å². The summed E-state index contributed by atoms with van der Waals surface area (Å²) >= 11 is 6.95. The average Bonchev–Trinajstić information content (AvgIpc) is 3.36. The lowest BCUT2D eigenvalue weighted by molar-refractivity contribution is -0.153. The molecule has 2 saturated carbocycles. The molecule has 1 aliphatic heterocycles. The molecule has 5 aliphatic rings. The van der Waals surface area contributed by atoms with E-state index in [1.54, 1.807) is 25.1 Å². The molecule has 1 aromatic rings. The fraction of sp³-hybridized carbons (Fsp3) is 0.533. The molecule has 214 valence electrons. The number of phenols is 1. The highest BCUT2D eigenvalue weighted by atomic mass is 35.5. The molecule has 1 spiro atoms. The molecule has 1 unspecified atom stereocenters. The molecule has 4 aliphatic carbocycles. The fourth-order valence-corrected chi connectivity index (χ4v) is 8.26. The third kappa shape index (κ3) is 3.74. The Labute approximate surface area is 238 Å². The molecular formula is C30H36ClN3O6. The van der Waals surface area contributed by atoms with Crippen molar-refractivity contribution >= 4 is 29.1 Å². The number of aromatic hydroxyl groups is 1. The summed E-state index contributed by atoms with van der Waals surface area (Å²) in [6.45, 7) is 1.51. The van der Waals surface area contributed by atoms with Crippen LogP contribution in [0.4, 0.5) is 0 Å². The summed E-state index contributed by atoms with van der Waals surface area (Å²) in [6.07, 6.45) is 6.99. The van der Waals surface area contributed by atoms with Crippen LogP contribution in [0, 0.1) is 17.8 Å². The van der Waals surface area contributed by atoms with Crippen molar-refractivity contribution in [1.82, 2.24) is 9.80 Å². The van der Waals surface area contributed by atoms with E-state index in [1.165, 1.54) is 31.9 Å². The molecular weight excluding hydrogens is 534 g/mol. The molecule has 0 radical (unpaired) electrons. The van der Waals surface area contributed by atoms with Gasteiger partial charge in [0.2, 0.25) is 11.4 Å². The Morgan fingerprint density at radius 2 is 1.90 bits per heavy atom. The Hall–Kier alpha value is -3.01. The van der Waals surface area contributed by atoms with Crippen LogP contribution in [0.15, 0.2) is 34.8 Å². The molecule has 0 bridgehead atoms. The lowest BCUT2D eigenvalue weighted by Crippen LogP contribution is -2.67. The fourth-order valence-electron chi connectivity index (χ4n) is 7.97. The number of carbonyl (C=O) groups is 2. The van der Waals surface area contributed by atoms with Crippen molar-refractivity contribution in [3.63, 3.8) is 0 Å². The third-order valence-electron chi connectivity index (χ3n) is 9.65. The molecule has 0 saturated heterocycles. The topological polar surface area (TPSA) is 137 Å². The SMILES string of the molecule is CN(Cc1cc(O)c2c(c1Cl)C[C@H]1C[C@H]3[C@H](N(C)C)C(O)=C(C(N)=O)C4=COC43C(=O)C1=C2O)CC1CCCC1. The zero-order chi connectivity index (χ0) is 28.7. The monoisotopic (exact) mass is 569 g/mol. The minimum atomic E-state index is -1.55. The highest BCUT2D eigenvalue weighted by molar-refractivity contribution is 6.32. The number of halogens is 1. The van der Waals surface area contributed by atoms with Crippen molar-refractivity contribution in [3.8, 4) is 5.75 Å². The van der Waals surface area contributed by atoms with Gasteiger partial charge in [-0.05, 0) is 75.9 Å². The molecule has 9 nitrogen and oxygen atoms in total. The van der Waals surface area contributed by atoms with Crippen LogP contribution >= 0.6 is 11.6 Å². The van der Waals surface area contributed by atoms with Crippen molar-refractivity contribution in [2.45, 2.75) is 56.7 Å². The van der Waals surface area contributed by atoms with Gasteiger partial charge in [0.15, 0.2) is 0 Å². The standard InChI is InChI=1S/C30H36ClN3O6/c1-33(2)25-18-9-15-8-17-22(20(35)10-16(24(17)31)12-34(3)11-14-6-4-5-7-14)26(36)21(15)28(38)30(18)19(13-40-30)23(27(25)37)29(32)39/h10,13-15,18,25,35-37H,4-9,11-12H2,1-3H3,(H2,32,39)/t15-,18-,25-,30?/m0/s1. The lowest BCUT2D eigenvalue weighted by atomic mass is 9.54. The second kappa shape index (κ2) is 9.53. The number of aliphatic hydroxyl groups excluding tert-OH is 2. The van der Waals surface area contributed by atoms with E-state index in [0.717, 1.165) is 12.1 Å². The van der Waals surface area contributed by atoms with E-state index in [9.17, 15) is 24.9 Å². The van der Waals surface area contributed by atoms with Gasteiger partial charge in [0.25, 0.3) is 5.91 Å². The number of ketones is 1. The zero-order valence-electron chi connectivity index (χ0n) is 23.0. The van der Waals surface area contributed by atoms with Crippen LogP contribution in [0.5, 0.6) is 5.75 Å². The smallest absolute Gasteiger partial charge is 0.252 e. The summed E-state index contributed by atoms with van der Waals surface area (Å²) in [7, 11) is 5.56. The van der Waals surface area contributed by atoms with E-state index in [-0.39, 0.29) is 39.6 Å². The largest absolute Gasteiger partial charge is 0.510 e. The molecule has 0 aromatic heterocycles. The highest BCUT2D eigenvalue weighted by Gasteiger charge is 2.68. The van der Waals surface area contributed by atoms with Gasteiger partial charge in [-0.25, -0.2) is 0 Å². The molecule has 2 fully saturated rings. The number of nitrogens with two attached hydrogens (primary N) is 1. The number of hydrogen-bond donors (Lipinski definition) is 4. The second-order valence-corrected chi connectivity index (χ2v) is 12.7. The van der Waals surface area contributed by atoms with Gasteiger partial charge in [0.05, 0.1) is 29.0 Å². The summed E-state index contributed by atoms with van der Waals surface area (Å²) < 4.78 is 5.87. The number of likely N-dealkylation sites (N-methyl/N-ethyl adjacent to an activating group) is 1. The minimum absolute atomic E-state index is 0.124. The molecule has 10 heteroatoms. The van der Waals surface area contributed by atoms with Crippen LogP contribution in [0.1, 0.15) is 48.8 Å². The quantitative estimate of drug-likeness (QED) is 0.408. The number of fused-ring (bicyclic) bond motifs is 2. The van der Waals surface area contributed by atoms with Gasteiger partial charge in [-0.15, -0.1) is 0 Å². The number of benzene rings is 1. The summed E-state index contributed by atoms with van der Waals surface area (Å²) in [4.78, 5) is 30.6. The average molecular weight is 570 g/mol. The molecule has 1 amide bonds. The number of amides is 1. The van der Waals surface area contributed by atoms with Crippen molar-refractivity contribution in [1.29, 1.82) is 0 Å². The number of carbonyl (C=O) groups excluding carboxylic acids is 2. The Kier molecular flexibility index (Phi) is 6.48. The van der Waals surface area contributed by atoms with E-state index >= 15 is 0 Å². The van der Waals surface area contributed by atoms with Crippen molar-refractivity contribution in [3.05, 3.63) is 56.5 Å². The number of primary amides is 1. The van der Waals surface area contributed by atoms with Crippen LogP contribution in [0.2, 0.25) is 5.02 Å². The molecule has 1 aromatic carbocycles. The van der Waals surface area contributed by atoms with Gasteiger partial charge in [-0.2, -0.15) is 0 Å². The van der Waals surface area contributed by atoms with Gasteiger partial charge < -0.3 is 30.7 Å². The number of nitrogens with zero attached hydrogens (tertiary/aromatic N) is 2. The van der Waals surface area contributed by atoms with Gasteiger partial charge in [-0.1, -0.05) is 24.4 Å². The first kappa shape index (κ1) is 27.2. The van der Waals surface area contributed by atoms with Gasteiger partial charge >= 0.3 is 0 Å². The Morgan fingerprint density at radius 3 is 2.50 bits per heavy atom. The lowest BCUT2D eigenvalue weighted by Gasteiger charge is -2.56. The first-order valence-electron chi connectivity index (χ1n) is 14.0.